The molecule has 2 rings (SSSR count). The Bertz CT molecular complexity index is 1330. The molecule has 0 aromatic heterocycles. The van der Waals surface area contributed by atoms with Crippen LogP contribution in [-0.4, -0.2) is 120 Å². The van der Waals surface area contributed by atoms with Crippen LogP contribution >= 0.6 is 0 Å². The van der Waals surface area contributed by atoms with Crippen LogP contribution in [0.25, 0.3) is 0 Å². The number of esters is 2. The van der Waals surface area contributed by atoms with Crippen molar-refractivity contribution < 1.29 is 56.2 Å². The van der Waals surface area contributed by atoms with E-state index in [0.29, 0.717) is 25.3 Å². The van der Waals surface area contributed by atoms with Gasteiger partial charge in [0.1, 0.15) is 12.2 Å². The van der Waals surface area contributed by atoms with Gasteiger partial charge in [0, 0.05) is 57.6 Å². The molecule has 0 spiro atoms. The third kappa shape index (κ3) is 15.6. The minimum absolute atomic E-state index is 0.0623. The maximum Gasteiger partial charge on any atom is 0.500 e. The van der Waals surface area contributed by atoms with E-state index in [-0.39, 0.29) is 32.2 Å². The summed E-state index contributed by atoms with van der Waals surface area (Å²) in [5, 5.41) is 4.72. The highest BCUT2D eigenvalue weighted by molar-refractivity contribution is 6.60. The maximum atomic E-state index is 13.8. The number of hydroxylamine groups is 2. The summed E-state index contributed by atoms with van der Waals surface area (Å²) < 4.78 is 37.9. The molecule has 1 aliphatic rings. The topological polar surface area (TPSA) is 161 Å². The van der Waals surface area contributed by atoms with Crippen molar-refractivity contribution in [1.82, 2.24) is 15.3 Å². The molecule has 1 aromatic carbocycles. The number of piperidine rings is 1. The average molecular weight is 812 g/mol. The van der Waals surface area contributed by atoms with Gasteiger partial charge in [-0.25, -0.2) is 9.59 Å². The van der Waals surface area contributed by atoms with E-state index in [1.807, 2.05) is 63.1 Å². The summed E-state index contributed by atoms with van der Waals surface area (Å²) in [5.41, 5.74) is -1.09. The zero-order valence-corrected chi connectivity index (χ0v) is 36.9. The normalized spacial score (nSPS) is 16.5. The first-order valence-corrected chi connectivity index (χ1v) is 21.4. The third-order valence-corrected chi connectivity index (χ3v) is 12.7. The lowest BCUT2D eigenvalue weighted by Gasteiger charge is -2.56. The molecule has 1 heterocycles. The van der Waals surface area contributed by atoms with E-state index in [1.54, 1.807) is 47.0 Å². The minimum Gasteiger partial charge on any atom is -0.468 e. The number of nitrogens with one attached hydrogen (secondary N) is 1. The minimum atomic E-state index is -2.67. The highest BCUT2D eigenvalue weighted by atomic mass is 28.4. The highest BCUT2D eigenvalue weighted by Gasteiger charge is 2.50. The van der Waals surface area contributed by atoms with Gasteiger partial charge in [0.2, 0.25) is 0 Å². The summed E-state index contributed by atoms with van der Waals surface area (Å²) in [7, 11) is 4.63. The lowest BCUT2D eigenvalue weighted by atomic mass is 9.78. The van der Waals surface area contributed by atoms with E-state index >= 15 is 0 Å². The molecule has 2 amide bonds. The largest absolute Gasteiger partial charge is 0.500 e. The van der Waals surface area contributed by atoms with Gasteiger partial charge < -0.3 is 42.4 Å². The standard InChI is InChI=1S/C40H69N3O12Si/c1-38(2,3)54-36(46)41-23-24-42(37(47)53-29-30-20-16-15-17-21-30)31-27-39(4,5)43(40(6,7)28-31)55-32(26-33(34(44)48-8)35(45)49-9)22-18-13-14-19-25-56(50-10,51-11)52-12/h15-17,20-21,31-33H,13-14,18-19,22-29H2,1-12H3,(H,41,46). The fraction of sp³-hybridized carbons (Fsp3) is 0.750. The summed E-state index contributed by atoms with van der Waals surface area (Å²) in [6, 6.07) is 9.85. The molecule has 1 unspecified atom stereocenters. The number of carbonyl (C=O) groups excluding carboxylic acids is 4. The van der Waals surface area contributed by atoms with Crippen molar-refractivity contribution in [3.8, 4) is 0 Å². The molecular formula is C40H69N3O12Si. The molecule has 1 aliphatic heterocycles. The quantitative estimate of drug-likeness (QED) is 0.0436. The summed E-state index contributed by atoms with van der Waals surface area (Å²) in [6.45, 7) is 14.0. The zero-order valence-electron chi connectivity index (χ0n) is 35.9. The Morgan fingerprint density at radius 1 is 0.857 bits per heavy atom. The van der Waals surface area contributed by atoms with Gasteiger partial charge in [-0.3, -0.25) is 14.4 Å². The van der Waals surface area contributed by atoms with Crippen LogP contribution in [0, 0.1) is 5.92 Å². The van der Waals surface area contributed by atoms with Crippen LogP contribution in [-0.2, 0) is 53.3 Å². The van der Waals surface area contributed by atoms with Crippen molar-refractivity contribution in [3.63, 3.8) is 0 Å². The van der Waals surface area contributed by atoms with Crippen molar-refractivity contribution in [1.29, 1.82) is 0 Å². The van der Waals surface area contributed by atoms with Crippen molar-refractivity contribution in [3.05, 3.63) is 35.9 Å². The number of unbranched alkanes of at least 4 members (excludes halogenated alkanes) is 3. The fourth-order valence-corrected chi connectivity index (χ4v) is 9.15. The molecule has 1 saturated heterocycles. The molecule has 16 heteroatoms. The van der Waals surface area contributed by atoms with Gasteiger partial charge in [-0.15, -0.1) is 0 Å². The molecule has 1 fully saturated rings. The molecule has 1 aromatic rings. The zero-order chi connectivity index (χ0) is 42.2. The summed E-state index contributed by atoms with van der Waals surface area (Å²) in [6.07, 6.45) is 3.40. The fourth-order valence-electron chi connectivity index (χ4n) is 7.36. The second-order valence-electron chi connectivity index (χ2n) is 16.5. The predicted octanol–water partition coefficient (Wildman–Crippen LogP) is 6.65. The molecule has 320 valence electrons. The Morgan fingerprint density at radius 3 is 1.93 bits per heavy atom. The summed E-state index contributed by atoms with van der Waals surface area (Å²) in [5.74, 6) is -2.54. The first-order chi connectivity index (χ1) is 26.3. The van der Waals surface area contributed by atoms with Gasteiger partial charge in [0.05, 0.1) is 20.3 Å². The Morgan fingerprint density at radius 2 is 1.41 bits per heavy atom. The number of alkyl carbamates (subject to hydrolysis) is 1. The van der Waals surface area contributed by atoms with Crippen molar-refractivity contribution >= 4 is 32.9 Å². The predicted molar refractivity (Wildman–Crippen MR) is 212 cm³/mol. The summed E-state index contributed by atoms with van der Waals surface area (Å²) >= 11 is 0. The molecule has 1 atom stereocenters. The van der Waals surface area contributed by atoms with E-state index in [1.165, 1.54) is 14.2 Å². The monoisotopic (exact) mass is 811 g/mol. The molecule has 15 nitrogen and oxygen atoms in total. The maximum absolute atomic E-state index is 13.8. The first kappa shape index (κ1) is 48.9. The lowest BCUT2D eigenvalue weighted by molar-refractivity contribution is -0.313. The Hall–Kier alpha value is -3.28. The molecule has 56 heavy (non-hydrogen) atoms. The molecule has 0 bridgehead atoms. The van der Waals surface area contributed by atoms with Crippen LogP contribution in [0.5, 0.6) is 0 Å². The van der Waals surface area contributed by atoms with Gasteiger partial charge >= 0.3 is 32.9 Å². The number of rotatable bonds is 22. The molecular weight excluding hydrogens is 743 g/mol. The Kier molecular flexibility index (Phi) is 19.7. The van der Waals surface area contributed by atoms with Gasteiger partial charge in [0.15, 0.2) is 5.92 Å². The van der Waals surface area contributed by atoms with Crippen molar-refractivity contribution in [2.75, 3.05) is 48.6 Å². The second-order valence-corrected chi connectivity index (χ2v) is 19.5. The van der Waals surface area contributed by atoms with Crippen LogP contribution in [0.2, 0.25) is 6.04 Å². The Balaban J connectivity index is 2.30. The van der Waals surface area contributed by atoms with Crippen LogP contribution in [0.3, 0.4) is 0 Å². The Labute approximate surface area is 335 Å². The molecule has 0 radical (unpaired) electrons. The van der Waals surface area contributed by atoms with Gasteiger partial charge in [-0.05, 0) is 86.1 Å². The number of amides is 2. The number of ether oxygens (including phenoxy) is 4. The van der Waals surface area contributed by atoms with Crippen molar-refractivity contribution in [2.24, 2.45) is 5.92 Å². The van der Waals surface area contributed by atoms with E-state index in [4.69, 9.17) is 37.1 Å². The number of hydrogen-bond donors (Lipinski definition) is 1. The van der Waals surface area contributed by atoms with Gasteiger partial charge in [0.25, 0.3) is 0 Å². The smallest absolute Gasteiger partial charge is 0.468 e. The lowest BCUT2D eigenvalue weighted by Crippen LogP contribution is -2.65. The van der Waals surface area contributed by atoms with Crippen LogP contribution in [0.4, 0.5) is 9.59 Å². The molecule has 0 saturated carbocycles. The number of benzene rings is 1. The van der Waals surface area contributed by atoms with Crippen LogP contribution in [0.15, 0.2) is 30.3 Å². The van der Waals surface area contributed by atoms with Gasteiger partial charge in [-0.2, -0.15) is 5.06 Å². The third-order valence-electron chi connectivity index (χ3n) is 9.89. The number of hydrogen-bond acceptors (Lipinski definition) is 13. The van der Waals surface area contributed by atoms with Crippen molar-refractivity contribution in [2.45, 2.75) is 141 Å². The molecule has 1 N–H and O–H groups in total. The van der Waals surface area contributed by atoms with E-state index < -0.39 is 61.6 Å². The van der Waals surface area contributed by atoms with Gasteiger partial charge in [-0.1, -0.05) is 49.6 Å². The number of nitrogens with zero attached hydrogens (tertiary/aromatic N) is 2. The average Bonchev–Trinajstić information content (AvgIpc) is 3.14. The van der Waals surface area contributed by atoms with E-state index in [0.717, 1.165) is 31.2 Å². The van der Waals surface area contributed by atoms with E-state index in [2.05, 4.69) is 5.32 Å². The van der Waals surface area contributed by atoms with Crippen LogP contribution < -0.4 is 5.32 Å². The highest BCUT2D eigenvalue weighted by Crippen LogP contribution is 2.42. The van der Waals surface area contributed by atoms with E-state index in [9.17, 15) is 19.2 Å². The first-order valence-electron chi connectivity index (χ1n) is 19.5. The van der Waals surface area contributed by atoms with Crippen LogP contribution in [0.1, 0.15) is 105 Å². The molecule has 0 aliphatic carbocycles. The number of carbonyl (C=O) groups is 4. The second kappa shape index (κ2) is 22.6. The number of methoxy groups -OCH3 is 2. The summed E-state index contributed by atoms with van der Waals surface area (Å²) in [4.78, 5) is 60.5. The SMILES string of the molecule is COC(=O)C(CC(CCCCCC[Si](OC)(OC)OC)ON1C(C)(C)CC(N(CCNC(=O)OC(C)(C)C)C(=O)OCc2ccccc2)CC1(C)C)C(=O)OC.